The van der Waals surface area contributed by atoms with E-state index >= 15 is 0 Å². The lowest BCUT2D eigenvalue weighted by atomic mass is 9.98. The Morgan fingerprint density at radius 2 is 1.74 bits per heavy atom. The molecule has 50 heavy (non-hydrogen) atoms. The van der Waals surface area contributed by atoms with Crippen molar-refractivity contribution >= 4 is 34.0 Å². The number of anilines is 1. The molecule has 1 fully saturated rings. The highest BCUT2D eigenvalue weighted by molar-refractivity contribution is 6.01. The smallest absolute Gasteiger partial charge is 0.260 e. The number of benzene rings is 3. The Morgan fingerprint density at radius 3 is 2.46 bits per heavy atom. The molecular formula is C37H38N8O5. The summed E-state index contributed by atoms with van der Waals surface area (Å²) in [5.41, 5.74) is 4.93. The van der Waals surface area contributed by atoms with Crippen molar-refractivity contribution in [1.82, 2.24) is 30.0 Å². The number of aromatic nitrogens is 4. The molecule has 0 unspecified atom stereocenters. The molecule has 2 amide bonds. The minimum absolute atomic E-state index is 0.00367. The molecule has 5 N–H and O–H groups in total. The molecule has 256 valence electrons. The molecule has 2 aliphatic heterocycles. The van der Waals surface area contributed by atoms with Crippen LogP contribution < -0.4 is 16.0 Å². The summed E-state index contributed by atoms with van der Waals surface area (Å²) in [5, 5.41) is 20.3. The second-order valence-electron chi connectivity index (χ2n) is 12.4. The van der Waals surface area contributed by atoms with Gasteiger partial charge in [-0.1, -0.05) is 30.3 Å². The van der Waals surface area contributed by atoms with Crippen LogP contribution in [-0.4, -0.2) is 98.4 Å². The van der Waals surface area contributed by atoms with Gasteiger partial charge in [-0.25, -0.2) is 15.9 Å². The molecule has 4 heterocycles. The van der Waals surface area contributed by atoms with E-state index in [1.807, 2.05) is 58.3 Å². The van der Waals surface area contributed by atoms with E-state index in [0.717, 1.165) is 39.7 Å². The molecule has 13 nitrogen and oxygen atoms in total. The van der Waals surface area contributed by atoms with Crippen LogP contribution in [0, 0.1) is 0 Å². The van der Waals surface area contributed by atoms with Crippen molar-refractivity contribution in [2.75, 3.05) is 51.3 Å². The molecular weight excluding hydrogens is 636 g/mol. The minimum atomic E-state index is -1.30. The minimum Gasteiger partial charge on any atom is -0.491 e. The van der Waals surface area contributed by atoms with Crippen LogP contribution >= 0.6 is 0 Å². The average molecular weight is 675 g/mol. The Kier molecular flexibility index (Phi) is 9.63. The van der Waals surface area contributed by atoms with E-state index in [9.17, 15) is 9.59 Å². The standard InChI is InChI=1S/C37H38N8O5/c38-50-37(36(48)41-29-8-11-32-31(22-29)34(43-42-32)27-6-9-30(10-7-27)49-21-20-46)14-19-44(24-37)23-33(47)45-17-12-26(13-18-45)25-2-4-28(5-3-25)35-39-15-1-16-40-35/h1-12,15-16,22,46H,13-14,17-21,23-24,38H2,(H,41,48)(H,42,43)/t37-/m0/s1. The molecule has 1 saturated heterocycles. The summed E-state index contributed by atoms with van der Waals surface area (Å²) in [5.74, 6) is 6.71. The van der Waals surface area contributed by atoms with Crippen molar-refractivity contribution in [3.63, 3.8) is 0 Å². The summed E-state index contributed by atoms with van der Waals surface area (Å²) in [6, 6.07) is 22.9. The first-order valence-electron chi connectivity index (χ1n) is 16.5. The number of hydrogen-bond donors (Lipinski definition) is 4. The second-order valence-corrected chi connectivity index (χ2v) is 12.4. The number of rotatable bonds is 11. The zero-order chi connectivity index (χ0) is 34.5. The van der Waals surface area contributed by atoms with Crippen LogP contribution in [0.3, 0.4) is 0 Å². The van der Waals surface area contributed by atoms with Gasteiger partial charge >= 0.3 is 0 Å². The Balaban J connectivity index is 0.953. The monoisotopic (exact) mass is 674 g/mol. The molecule has 0 aliphatic carbocycles. The van der Waals surface area contributed by atoms with Gasteiger partial charge in [0.25, 0.3) is 5.91 Å². The number of nitrogens with zero attached hydrogens (tertiary/aromatic N) is 5. The lowest BCUT2D eigenvalue weighted by Crippen LogP contribution is -2.50. The number of aromatic amines is 1. The third-order valence-electron chi connectivity index (χ3n) is 9.26. The maximum Gasteiger partial charge on any atom is 0.260 e. The van der Waals surface area contributed by atoms with E-state index < -0.39 is 5.60 Å². The van der Waals surface area contributed by atoms with Gasteiger partial charge in [0.05, 0.1) is 24.4 Å². The molecule has 1 atom stereocenters. The van der Waals surface area contributed by atoms with E-state index in [4.69, 9.17) is 20.6 Å². The number of carbonyl (C=O) groups is 2. The fourth-order valence-electron chi connectivity index (χ4n) is 6.49. The molecule has 0 saturated carbocycles. The van der Waals surface area contributed by atoms with Crippen LogP contribution in [-0.2, 0) is 14.4 Å². The second kappa shape index (κ2) is 14.6. The number of hydrogen-bond acceptors (Lipinski definition) is 10. The molecule has 0 spiro atoms. The number of aliphatic hydroxyl groups excluding tert-OH is 1. The van der Waals surface area contributed by atoms with E-state index in [-0.39, 0.29) is 38.1 Å². The number of H-pyrrole nitrogens is 1. The van der Waals surface area contributed by atoms with Gasteiger partial charge in [-0.05, 0) is 66.1 Å². The number of ether oxygens (including phenoxy) is 1. The molecule has 7 rings (SSSR count). The maximum atomic E-state index is 13.6. The average Bonchev–Trinajstić information content (AvgIpc) is 3.79. The molecule has 0 radical (unpaired) electrons. The van der Waals surface area contributed by atoms with Gasteiger partial charge in [0, 0.05) is 67.2 Å². The third kappa shape index (κ3) is 6.98. The van der Waals surface area contributed by atoms with Gasteiger partial charge in [-0.2, -0.15) is 5.10 Å². The zero-order valence-corrected chi connectivity index (χ0v) is 27.4. The van der Waals surface area contributed by atoms with E-state index in [1.54, 1.807) is 24.5 Å². The van der Waals surface area contributed by atoms with Crippen molar-refractivity contribution in [2.45, 2.75) is 18.4 Å². The fraction of sp³-hybridized carbons (Fsp3) is 0.270. The highest BCUT2D eigenvalue weighted by Gasteiger charge is 2.46. The van der Waals surface area contributed by atoms with Gasteiger partial charge < -0.3 is 20.1 Å². The fourth-order valence-corrected chi connectivity index (χ4v) is 6.49. The number of nitrogens with two attached hydrogens (primary N) is 1. The predicted molar refractivity (Wildman–Crippen MR) is 188 cm³/mol. The van der Waals surface area contributed by atoms with E-state index in [0.29, 0.717) is 43.3 Å². The number of fused-ring (bicyclic) bond motifs is 1. The van der Waals surface area contributed by atoms with Crippen LogP contribution in [0.25, 0.3) is 39.1 Å². The van der Waals surface area contributed by atoms with Crippen molar-refractivity contribution < 1.29 is 24.3 Å². The highest BCUT2D eigenvalue weighted by Crippen LogP contribution is 2.32. The normalized spacial score (nSPS) is 17.9. The summed E-state index contributed by atoms with van der Waals surface area (Å²) in [7, 11) is 0. The highest BCUT2D eigenvalue weighted by atomic mass is 16.6. The summed E-state index contributed by atoms with van der Waals surface area (Å²) < 4.78 is 5.46. The molecule has 0 bridgehead atoms. The quantitative estimate of drug-likeness (QED) is 0.152. The van der Waals surface area contributed by atoms with Crippen LogP contribution in [0.4, 0.5) is 5.69 Å². The zero-order valence-electron chi connectivity index (χ0n) is 27.4. The molecule has 13 heteroatoms. The first kappa shape index (κ1) is 33.0. The summed E-state index contributed by atoms with van der Waals surface area (Å²) >= 11 is 0. The Morgan fingerprint density at radius 1 is 0.980 bits per heavy atom. The summed E-state index contributed by atoms with van der Waals surface area (Å²) in [4.78, 5) is 44.7. The number of nitrogens with one attached hydrogen (secondary N) is 2. The molecule has 2 aliphatic rings. The number of amides is 2. The van der Waals surface area contributed by atoms with Gasteiger partial charge in [0.1, 0.15) is 12.4 Å². The lowest BCUT2D eigenvalue weighted by molar-refractivity contribution is -0.141. The summed E-state index contributed by atoms with van der Waals surface area (Å²) in [6.07, 6.45) is 6.65. The van der Waals surface area contributed by atoms with Crippen LogP contribution in [0.1, 0.15) is 18.4 Å². The number of likely N-dealkylation sites (tertiary alicyclic amines) is 1. The molecule has 2 aromatic heterocycles. The maximum absolute atomic E-state index is 13.6. The van der Waals surface area contributed by atoms with Gasteiger partial charge in [0.15, 0.2) is 11.4 Å². The predicted octanol–water partition coefficient (Wildman–Crippen LogP) is 3.65. The Hall–Kier alpha value is -5.47. The first-order valence-corrected chi connectivity index (χ1v) is 16.5. The third-order valence-corrected chi connectivity index (χ3v) is 9.26. The van der Waals surface area contributed by atoms with Gasteiger partial charge in [-0.15, -0.1) is 0 Å². The number of carbonyl (C=O) groups excluding carboxylic acids is 2. The Bertz CT molecular complexity index is 2000. The first-order chi connectivity index (χ1) is 24.4. The van der Waals surface area contributed by atoms with Crippen molar-refractivity contribution in [3.05, 3.63) is 96.8 Å². The van der Waals surface area contributed by atoms with E-state index in [2.05, 4.69) is 43.7 Å². The topological polar surface area (TPSA) is 172 Å². The molecule has 3 aromatic carbocycles. The van der Waals surface area contributed by atoms with Crippen molar-refractivity contribution in [3.8, 4) is 28.4 Å². The molecule has 5 aromatic rings. The van der Waals surface area contributed by atoms with Gasteiger partial charge in [-0.3, -0.25) is 24.4 Å². The number of aliphatic hydroxyl groups is 1. The summed E-state index contributed by atoms with van der Waals surface area (Å²) in [6.45, 7) is 2.14. The van der Waals surface area contributed by atoms with Gasteiger partial charge in [0.2, 0.25) is 5.91 Å². The largest absolute Gasteiger partial charge is 0.491 e. The van der Waals surface area contributed by atoms with Crippen LogP contribution in [0.2, 0.25) is 0 Å². The van der Waals surface area contributed by atoms with Crippen LogP contribution in [0.15, 0.2) is 91.3 Å². The lowest BCUT2D eigenvalue weighted by Gasteiger charge is -2.29. The SMILES string of the molecule is NO[C@@]1(C(=O)Nc2ccc3[nH]nc(-c4ccc(OCCO)cc4)c3c2)CCN(CC(=O)N2CC=C(c3ccc(-c4ncccn4)cc3)CC2)C1. The van der Waals surface area contributed by atoms with Crippen molar-refractivity contribution in [1.29, 1.82) is 0 Å². The van der Waals surface area contributed by atoms with Crippen molar-refractivity contribution in [2.24, 2.45) is 5.90 Å². The van der Waals surface area contributed by atoms with Crippen LogP contribution in [0.5, 0.6) is 5.75 Å². The van der Waals surface area contributed by atoms with E-state index in [1.165, 1.54) is 5.57 Å². The Labute approximate surface area is 288 Å².